The van der Waals surface area contributed by atoms with E-state index in [-0.39, 0.29) is 18.5 Å². The molecule has 2 rings (SSSR count). The minimum Gasteiger partial charge on any atom is -0.488 e. The molecule has 6 heteroatoms. The third-order valence-electron chi connectivity index (χ3n) is 2.72. The number of hydrogen-bond donors (Lipinski definition) is 1. The fourth-order valence-corrected chi connectivity index (χ4v) is 1.90. The summed E-state index contributed by atoms with van der Waals surface area (Å²) in [6.07, 6.45) is -4.71. The third-order valence-corrected chi connectivity index (χ3v) is 2.72. The molecule has 0 saturated heterocycles. The maximum Gasteiger partial charge on any atom is 0.390 e. The van der Waals surface area contributed by atoms with Crippen molar-refractivity contribution in [3.8, 4) is 5.75 Å². The van der Waals surface area contributed by atoms with Gasteiger partial charge in [0.25, 0.3) is 0 Å². The zero-order valence-electron chi connectivity index (χ0n) is 9.56. The largest absolute Gasteiger partial charge is 0.488 e. The summed E-state index contributed by atoms with van der Waals surface area (Å²) in [7, 11) is 0. The highest BCUT2D eigenvalue weighted by Crippen LogP contribution is 2.29. The Hall–Kier alpha value is -1.30. The van der Waals surface area contributed by atoms with E-state index in [1.807, 2.05) is 0 Å². The number of benzene rings is 1. The van der Waals surface area contributed by atoms with Gasteiger partial charge in [0.1, 0.15) is 17.7 Å². The normalized spacial score (nSPS) is 18.6. The van der Waals surface area contributed by atoms with Gasteiger partial charge in [-0.2, -0.15) is 13.2 Å². The number of nitrogens with one attached hydrogen (secondary N) is 1. The highest BCUT2D eigenvalue weighted by atomic mass is 19.4. The molecule has 1 heterocycles. The van der Waals surface area contributed by atoms with E-state index in [0.29, 0.717) is 18.7 Å². The van der Waals surface area contributed by atoms with E-state index in [0.717, 1.165) is 5.56 Å². The fourth-order valence-electron chi connectivity index (χ4n) is 1.90. The number of hydrogen-bond acceptors (Lipinski definition) is 2. The molecule has 100 valence electrons. The van der Waals surface area contributed by atoms with Gasteiger partial charge in [0.15, 0.2) is 0 Å². The van der Waals surface area contributed by atoms with Crippen LogP contribution in [-0.2, 0) is 6.42 Å². The summed E-state index contributed by atoms with van der Waals surface area (Å²) in [4.78, 5) is 0. The van der Waals surface area contributed by atoms with Crippen molar-refractivity contribution >= 4 is 0 Å². The van der Waals surface area contributed by atoms with E-state index in [4.69, 9.17) is 4.74 Å². The van der Waals surface area contributed by atoms with Crippen molar-refractivity contribution < 1.29 is 22.3 Å². The quantitative estimate of drug-likeness (QED) is 0.666. The lowest BCUT2D eigenvalue weighted by atomic mass is 10.1. The summed E-state index contributed by atoms with van der Waals surface area (Å²) in [6, 6.07) is 4.24. The van der Waals surface area contributed by atoms with E-state index >= 15 is 0 Å². The van der Waals surface area contributed by atoms with Crippen molar-refractivity contribution in [1.82, 2.24) is 5.32 Å². The Labute approximate surface area is 102 Å². The predicted octanol–water partition coefficient (Wildman–Crippen LogP) is 2.67. The molecule has 1 aromatic carbocycles. The molecule has 0 aliphatic carbocycles. The van der Waals surface area contributed by atoms with Crippen LogP contribution in [0.1, 0.15) is 12.0 Å². The van der Waals surface area contributed by atoms with Crippen LogP contribution in [0.4, 0.5) is 17.6 Å². The summed E-state index contributed by atoms with van der Waals surface area (Å²) in [5.41, 5.74) is 0.762. The molecule has 1 aliphatic rings. The second kappa shape index (κ2) is 5.14. The number of rotatable bonds is 4. The fraction of sp³-hybridized carbons (Fsp3) is 0.500. The van der Waals surface area contributed by atoms with Crippen LogP contribution in [0.25, 0.3) is 0 Å². The SMILES string of the molecule is Fc1ccc2c(c1)CC(CNCCC(F)(F)F)O2. The molecule has 0 spiro atoms. The average Bonchev–Trinajstić information content (AvgIpc) is 2.65. The molecule has 1 N–H and O–H groups in total. The van der Waals surface area contributed by atoms with Crippen molar-refractivity contribution in [3.05, 3.63) is 29.6 Å². The van der Waals surface area contributed by atoms with Gasteiger partial charge in [0.05, 0.1) is 6.42 Å². The smallest absolute Gasteiger partial charge is 0.390 e. The molecular formula is C12H13F4NO. The maximum absolute atomic E-state index is 12.9. The summed E-state index contributed by atoms with van der Waals surface area (Å²) in [5, 5.41) is 2.69. The number of halogens is 4. The second-order valence-electron chi connectivity index (χ2n) is 4.27. The standard InChI is InChI=1S/C12H13F4NO/c13-9-1-2-11-8(5-9)6-10(18-11)7-17-4-3-12(14,15)16/h1-2,5,10,17H,3-4,6-7H2. The van der Waals surface area contributed by atoms with Crippen LogP contribution < -0.4 is 10.1 Å². The molecule has 18 heavy (non-hydrogen) atoms. The topological polar surface area (TPSA) is 21.3 Å². The molecule has 2 nitrogen and oxygen atoms in total. The Bertz CT molecular complexity index is 419. The Morgan fingerprint density at radius 2 is 2.11 bits per heavy atom. The Morgan fingerprint density at radius 3 is 2.83 bits per heavy atom. The Kier molecular flexibility index (Phi) is 3.75. The van der Waals surface area contributed by atoms with E-state index < -0.39 is 12.6 Å². The molecule has 0 fully saturated rings. The molecule has 0 bridgehead atoms. The van der Waals surface area contributed by atoms with Crippen LogP contribution in [0.15, 0.2) is 18.2 Å². The van der Waals surface area contributed by atoms with Crippen LogP contribution in [-0.4, -0.2) is 25.4 Å². The highest BCUT2D eigenvalue weighted by molar-refractivity contribution is 5.37. The molecule has 0 radical (unpaired) electrons. The van der Waals surface area contributed by atoms with Crippen LogP contribution >= 0.6 is 0 Å². The van der Waals surface area contributed by atoms with Crippen LogP contribution in [0.5, 0.6) is 5.75 Å². The summed E-state index contributed by atoms with van der Waals surface area (Å²) >= 11 is 0. The first-order valence-corrected chi connectivity index (χ1v) is 5.66. The minimum absolute atomic E-state index is 0.131. The first-order chi connectivity index (χ1) is 8.44. The van der Waals surface area contributed by atoms with Crippen molar-refractivity contribution in [3.63, 3.8) is 0 Å². The van der Waals surface area contributed by atoms with E-state index in [1.54, 1.807) is 6.07 Å². The lowest BCUT2D eigenvalue weighted by molar-refractivity contribution is -0.133. The van der Waals surface area contributed by atoms with Gasteiger partial charge in [-0.15, -0.1) is 0 Å². The van der Waals surface area contributed by atoms with Gasteiger partial charge in [0, 0.05) is 25.1 Å². The zero-order valence-corrected chi connectivity index (χ0v) is 9.56. The minimum atomic E-state index is -4.14. The van der Waals surface area contributed by atoms with E-state index in [9.17, 15) is 17.6 Å². The zero-order chi connectivity index (χ0) is 13.2. The van der Waals surface area contributed by atoms with Crippen molar-refractivity contribution in [1.29, 1.82) is 0 Å². The lowest BCUT2D eigenvalue weighted by Crippen LogP contribution is -2.32. The molecule has 1 unspecified atom stereocenters. The second-order valence-corrected chi connectivity index (χ2v) is 4.27. The molecule has 1 atom stereocenters. The molecule has 1 aromatic rings. The number of fused-ring (bicyclic) bond motifs is 1. The number of ether oxygens (including phenoxy) is 1. The van der Waals surface area contributed by atoms with Crippen molar-refractivity contribution in [2.75, 3.05) is 13.1 Å². The Morgan fingerprint density at radius 1 is 1.33 bits per heavy atom. The van der Waals surface area contributed by atoms with E-state index in [1.165, 1.54) is 12.1 Å². The van der Waals surface area contributed by atoms with Gasteiger partial charge in [-0.3, -0.25) is 0 Å². The van der Waals surface area contributed by atoms with Gasteiger partial charge in [0.2, 0.25) is 0 Å². The first-order valence-electron chi connectivity index (χ1n) is 5.66. The third kappa shape index (κ3) is 3.60. The first kappa shape index (κ1) is 13.1. The van der Waals surface area contributed by atoms with Gasteiger partial charge in [-0.25, -0.2) is 4.39 Å². The van der Waals surface area contributed by atoms with Gasteiger partial charge in [-0.05, 0) is 18.2 Å². The summed E-state index contributed by atoms with van der Waals surface area (Å²) in [6.45, 7) is 0.195. The predicted molar refractivity (Wildman–Crippen MR) is 58.1 cm³/mol. The molecular weight excluding hydrogens is 250 g/mol. The average molecular weight is 263 g/mol. The van der Waals surface area contributed by atoms with Crippen molar-refractivity contribution in [2.45, 2.75) is 25.1 Å². The van der Waals surface area contributed by atoms with Crippen molar-refractivity contribution in [2.24, 2.45) is 0 Å². The van der Waals surface area contributed by atoms with Gasteiger partial charge < -0.3 is 10.1 Å². The van der Waals surface area contributed by atoms with Crippen LogP contribution in [0, 0.1) is 5.82 Å². The molecule has 0 amide bonds. The molecule has 0 aromatic heterocycles. The number of alkyl halides is 3. The van der Waals surface area contributed by atoms with Gasteiger partial charge >= 0.3 is 6.18 Å². The Balaban J connectivity index is 1.75. The van der Waals surface area contributed by atoms with Crippen LogP contribution in [0.3, 0.4) is 0 Å². The maximum atomic E-state index is 12.9. The van der Waals surface area contributed by atoms with E-state index in [2.05, 4.69) is 5.32 Å². The molecule has 1 aliphatic heterocycles. The van der Waals surface area contributed by atoms with Gasteiger partial charge in [-0.1, -0.05) is 0 Å². The highest BCUT2D eigenvalue weighted by Gasteiger charge is 2.27. The summed E-state index contributed by atoms with van der Waals surface area (Å²) in [5.74, 6) is 0.280. The molecule has 0 saturated carbocycles. The van der Waals surface area contributed by atoms with Crippen LogP contribution in [0.2, 0.25) is 0 Å². The monoisotopic (exact) mass is 263 g/mol. The summed E-state index contributed by atoms with van der Waals surface area (Å²) < 4.78 is 54.1. The lowest BCUT2D eigenvalue weighted by Gasteiger charge is -2.12.